The molecule has 7 heteroatoms. The fourth-order valence-corrected chi connectivity index (χ4v) is 2.83. The van der Waals surface area contributed by atoms with Crippen molar-refractivity contribution in [1.29, 1.82) is 0 Å². The number of hydrogen-bond donors (Lipinski definition) is 1. The van der Waals surface area contributed by atoms with E-state index in [4.69, 9.17) is 14.5 Å². The van der Waals surface area contributed by atoms with Crippen LogP contribution in [0.3, 0.4) is 0 Å². The molecular weight excluding hydrogens is 306 g/mol. The monoisotopic (exact) mass is 337 g/mol. The highest BCUT2D eigenvalue weighted by molar-refractivity contribution is 5.80. The number of hydrogen-bond acceptors (Lipinski definition) is 4. The molecule has 24 heavy (non-hydrogen) atoms. The molecule has 1 unspecified atom stereocenters. The summed E-state index contributed by atoms with van der Waals surface area (Å²) >= 11 is 0. The first-order valence-electron chi connectivity index (χ1n) is 8.82. The maximum Gasteiger partial charge on any atom is 0.193 e. The summed E-state index contributed by atoms with van der Waals surface area (Å²) in [5.74, 6) is 1.57. The Morgan fingerprint density at radius 1 is 1.46 bits per heavy atom. The second kappa shape index (κ2) is 10.3. The van der Waals surface area contributed by atoms with Crippen LogP contribution in [0.15, 0.2) is 17.4 Å². The molecule has 1 aromatic rings. The van der Waals surface area contributed by atoms with E-state index in [0.29, 0.717) is 19.1 Å². The number of likely N-dealkylation sites (tertiary alicyclic amines) is 1. The molecule has 2 heterocycles. The summed E-state index contributed by atoms with van der Waals surface area (Å²) in [5, 5.41) is 7.70. The number of nitrogens with one attached hydrogen (secondary N) is 1. The lowest BCUT2D eigenvalue weighted by Crippen LogP contribution is -2.40. The minimum absolute atomic E-state index is 0.569. The summed E-state index contributed by atoms with van der Waals surface area (Å²) in [6.07, 6.45) is 5.07. The van der Waals surface area contributed by atoms with E-state index in [1.807, 2.05) is 17.1 Å². The van der Waals surface area contributed by atoms with Gasteiger partial charge in [0.1, 0.15) is 0 Å². The number of nitrogens with zero attached hydrogens (tertiary/aromatic N) is 4. The molecule has 1 aliphatic heterocycles. The number of aryl methyl sites for hydroxylation is 1. The molecule has 1 atom stereocenters. The van der Waals surface area contributed by atoms with Crippen LogP contribution in [0, 0.1) is 12.8 Å². The van der Waals surface area contributed by atoms with E-state index in [2.05, 4.69) is 29.2 Å². The van der Waals surface area contributed by atoms with Crippen molar-refractivity contribution in [2.45, 2.75) is 26.8 Å². The second-order valence-corrected chi connectivity index (χ2v) is 6.18. The zero-order valence-electron chi connectivity index (χ0n) is 15.2. The SMILES string of the molecule is CCNC(=NCCn1cc(C)cn1)N1CCC(COCCOC)C1. The lowest BCUT2D eigenvalue weighted by Gasteiger charge is -2.21. The van der Waals surface area contributed by atoms with Gasteiger partial charge in [-0.1, -0.05) is 0 Å². The first-order valence-corrected chi connectivity index (χ1v) is 8.82. The second-order valence-electron chi connectivity index (χ2n) is 6.18. The number of aromatic nitrogens is 2. The molecule has 1 saturated heterocycles. The van der Waals surface area contributed by atoms with Crippen LogP contribution < -0.4 is 5.32 Å². The van der Waals surface area contributed by atoms with Crippen LogP contribution in [0.5, 0.6) is 0 Å². The van der Waals surface area contributed by atoms with Gasteiger partial charge in [-0.3, -0.25) is 9.67 Å². The predicted molar refractivity (Wildman–Crippen MR) is 95.3 cm³/mol. The van der Waals surface area contributed by atoms with Crippen molar-refractivity contribution in [1.82, 2.24) is 20.0 Å². The maximum absolute atomic E-state index is 5.66. The average molecular weight is 337 g/mol. The van der Waals surface area contributed by atoms with E-state index >= 15 is 0 Å². The van der Waals surface area contributed by atoms with Gasteiger partial charge >= 0.3 is 0 Å². The molecule has 7 nitrogen and oxygen atoms in total. The predicted octanol–water partition coefficient (Wildman–Crippen LogP) is 1.14. The van der Waals surface area contributed by atoms with Crippen LogP contribution >= 0.6 is 0 Å². The van der Waals surface area contributed by atoms with Crippen molar-refractivity contribution in [2.75, 3.05) is 53.1 Å². The van der Waals surface area contributed by atoms with E-state index in [1.54, 1.807) is 7.11 Å². The molecule has 0 bridgehead atoms. The van der Waals surface area contributed by atoms with Crippen molar-refractivity contribution in [3.63, 3.8) is 0 Å². The molecule has 0 aromatic carbocycles. The van der Waals surface area contributed by atoms with Crippen LogP contribution in [-0.2, 0) is 16.0 Å². The molecule has 0 saturated carbocycles. The van der Waals surface area contributed by atoms with Gasteiger partial charge in [-0.2, -0.15) is 5.10 Å². The molecule has 0 radical (unpaired) electrons. The van der Waals surface area contributed by atoms with Crippen LogP contribution in [-0.4, -0.2) is 73.7 Å². The quantitative estimate of drug-likeness (QED) is 0.416. The van der Waals surface area contributed by atoms with E-state index < -0.39 is 0 Å². The molecule has 2 rings (SSSR count). The van der Waals surface area contributed by atoms with Crippen molar-refractivity contribution in [3.8, 4) is 0 Å². The Kier molecular flexibility index (Phi) is 8.04. The van der Waals surface area contributed by atoms with Crippen LogP contribution in [0.25, 0.3) is 0 Å². The summed E-state index contributed by atoms with van der Waals surface area (Å²) in [7, 11) is 1.70. The van der Waals surface area contributed by atoms with Gasteiger partial charge < -0.3 is 19.7 Å². The summed E-state index contributed by atoms with van der Waals surface area (Å²) in [4.78, 5) is 7.09. The number of aliphatic imine (C=N–C) groups is 1. The molecule has 1 fully saturated rings. The summed E-state index contributed by atoms with van der Waals surface area (Å²) in [6.45, 7) is 10.7. The average Bonchev–Trinajstić information content (AvgIpc) is 3.20. The normalized spacial score (nSPS) is 18.4. The van der Waals surface area contributed by atoms with Gasteiger partial charge in [-0.25, -0.2) is 0 Å². The Hall–Kier alpha value is -1.60. The Bertz CT molecular complexity index is 503. The summed E-state index contributed by atoms with van der Waals surface area (Å²) < 4.78 is 12.6. The topological polar surface area (TPSA) is 63.9 Å². The lowest BCUT2D eigenvalue weighted by atomic mass is 10.1. The van der Waals surface area contributed by atoms with Gasteiger partial charge in [0.2, 0.25) is 0 Å². The fraction of sp³-hybridized carbons (Fsp3) is 0.765. The molecule has 0 aliphatic carbocycles. The molecule has 1 aliphatic rings. The minimum Gasteiger partial charge on any atom is -0.382 e. The Morgan fingerprint density at radius 2 is 2.33 bits per heavy atom. The molecular formula is C17H31N5O2. The molecule has 0 spiro atoms. The van der Waals surface area contributed by atoms with Crippen LogP contribution in [0.1, 0.15) is 18.9 Å². The van der Waals surface area contributed by atoms with Crippen molar-refractivity contribution in [2.24, 2.45) is 10.9 Å². The standard InChI is InChI=1S/C17H31N5O2/c1-4-18-17(19-6-8-22-12-15(2)11-20-22)21-7-5-16(13-21)14-24-10-9-23-3/h11-12,16H,4-10,13-14H2,1-3H3,(H,18,19). The fourth-order valence-electron chi connectivity index (χ4n) is 2.83. The maximum atomic E-state index is 5.66. The zero-order chi connectivity index (χ0) is 17.2. The Morgan fingerprint density at radius 3 is 3.04 bits per heavy atom. The highest BCUT2D eigenvalue weighted by atomic mass is 16.5. The minimum atomic E-state index is 0.569. The van der Waals surface area contributed by atoms with Gasteiger partial charge in [0.15, 0.2) is 5.96 Å². The number of methoxy groups -OCH3 is 1. The molecule has 0 amide bonds. The van der Waals surface area contributed by atoms with Crippen molar-refractivity contribution < 1.29 is 9.47 Å². The number of rotatable bonds is 9. The van der Waals surface area contributed by atoms with Crippen molar-refractivity contribution >= 4 is 5.96 Å². The van der Waals surface area contributed by atoms with E-state index in [1.165, 1.54) is 5.56 Å². The number of guanidine groups is 1. The van der Waals surface area contributed by atoms with Gasteiger partial charge in [0.25, 0.3) is 0 Å². The third kappa shape index (κ3) is 6.13. The van der Waals surface area contributed by atoms with E-state index in [0.717, 1.165) is 51.7 Å². The first kappa shape index (κ1) is 18.7. The van der Waals surface area contributed by atoms with Gasteiger partial charge in [-0.05, 0) is 25.8 Å². The largest absolute Gasteiger partial charge is 0.382 e. The van der Waals surface area contributed by atoms with Gasteiger partial charge in [0.05, 0.1) is 39.1 Å². The highest BCUT2D eigenvalue weighted by Gasteiger charge is 2.24. The Labute approximate surface area is 145 Å². The van der Waals surface area contributed by atoms with Crippen LogP contribution in [0.4, 0.5) is 0 Å². The lowest BCUT2D eigenvalue weighted by molar-refractivity contribution is 0.0536. The molecule has 1 N–H and O–H groups in total. The Balaban J connectivity index is 1.78. The van der Waals surface area contributed by atoms with E-state index in [9.17, 15) is 0 Å². The first-order chi connectivity index (χ1) is 11.7. The zero-order valence-corrected chi connectivity index (χ0v) is 15.2. The summed E-state index contributed by atoms with van der Waals surface area (Å²) in [5.41, 5.74) is 1.18. The number of ether oxygens (including phenoxy) is 2. The third-order valence-corrected chi connectivity index (χ3v) is 4.06. The summed E-state index contributed by atoms with van der Waals surface area (Å²) in [6, 6.07) is 0. The van der Waals surface area contributed by atoms with Gasteiger partial charge in [-0.15, -0.1) is 0 Å². The van der Waals surface area contributed by atoms with Crippen LogP contribution in [0.2, 0.25) is 0 Å². The third-order valence-electron chi connectivity index (χ3n) is 4.06. The highest BCUT2D eigenvalue weighted by Crippen LogP contribution is 2.16. The smallest absolute Gasteiger partial charge is 0.193 e. The van der Waals surface area contributed by atoms with E-state index in [-0.39, 0.29) is 0 Å². The molecule has 136 valence electrons. The van der Waals surface area contributed by atoms with Crippen molar-refractivity contribution in [3.05, 3.63) is 18.0 Å². The molecule has 1 aromatic heterocycles. The van der Waals surface area contributed by atoms with Gasteiger partial charge in [0, 0.05) is 38.9 Å².